The normalized spacial score (nSPS) is 14.5. The number of para-hydroxylation sites is 1. The maximum atomic E-state index is 13.6. The maximum Gasteiger partial charge on any atom is 0.453 e. The number of hydrogen-bond acceptors (Lipinski definition) is 3. The molecule has 0 bridgehead atoms. The first-order chi connectivity index (χ1) is 10.9. The molecule has 1 N–H and O–H groups in total. The Labute approximate surface area is 153 Å². The van der Waals surface area contributed by atoms with Crippen molar-refractivity contribution in [1.29, 1.82) is 0 Å². The first-order valence-electron chi connectivity index (χ1n) is 5.62. The molecule has 144 valence electrons. The van der Waals surface area contributed by atoms with E-state index in [1.54, 1.807) is 0 Å². The monoisotopic (exact) mass is 533 g/mol. The fourth-order valence-electron chi connectivity index (χ4n) is 1.19. The summed E-state index contributed by atoms with van der Waals surface area (Å²) in [6.07, 6.45) is -12.6. The predicted octanol–water partition coefficient (Wildman–Crippen LogP) is 4.90. The number of rotatable bonds is 7. The smallest absolute Gasteiger partial charge is 0.277 e. The lowest BCUT2D eigenvalue weighted by molar-refractivity contribution is -0.438. The second-order valence-electron chi connectivity index (χ2n) is 4.24. The quantitative estimate of drug-likeness (QED) is 0.308. The molecule has 1 rings (SSSR count). The molecule has 15 heteroatoms. The number of anilines is 1. The van der Waals surface area contributed by atoms with Crippen LogP contribution in [0.25, 0.3) is 0 Å². The molecular weight excluding hydrogens is 529 g/mol. The molecule has 0 spiro atoms. The highest BCUT2D eigenvalue weighted by Gasteiger charge is 2.73. The van der Waals surface area contributed by atoms with E-state index in [2.05, 4.69) is 4.74 Å². The van der Waals surface area contributed by atoms with Crippen LogP contribution in [0.4, 0.5) is 40.8 Å². The van der Waals surface area contributed by atoms with Gasteiger partial charge in [0, 0.05) is 22.6 Å². The van der Waals surface area contributed by atoms with Gasteiger partial charge in [-0.1, -0.05) is 23.7 Å². The third-order valence-corrected chi connectivity index (χ3v) is 4.74. The molecule has 0 radical (unpaired) electrons. The van der Waals surface area contributed by atoms with Crippen molar-refractivity contribution in [2.75, 3.05) is 4.72 Å². The van der Waals surface area contributed by atoms with Gasteiger partial charge in [-0.15, -0.1) is 0 Å². The molecule has 0 aliphatic carbocycles. The summed E-state index contributed by atoms with van der Waals surface area (Å²) >= 11 is 5.11. The van der Waals surface area contributed by atoms with E-state index in [1.165, 1.54) is 6.07 Å². The molecule has 0 atom stereocenters. The van der Waals surface area contributed by atoms with Gasteiger partial charge < -0.3 is 0 Å². The number of benzene rings is 1. The fourth-order valence-corrected chi connectivity index (χ4v) is 2.49. The topological polar surface area (TPSA) is 55.4 Å². The van der Waals surface area contributed by atoms with Gasteiger partial charge in [-0.3, -0.25) is 4.72 Å². The molecule has 0 saturated carbocycles. The summed E-state index contributed by atoms with van der Waals surface area (Å²) < 4.78 is 125. The highest BCUT2D eigenvalue weighted by atomic mass is 127. The fraction of sp³-hybridized carbons (Fsp3) is 0.400. The highest BCUT2D eigenvalue weighted by Crippen LogP contribution is 2.49. The molecule has 25 heavy (non-hydrogen) atoms. The zero-order valence-corrected chi connectivity index (χ0v) is 15.0. The van der Waals surface area contributed by atoms with Crippen LogP contribution >= 0.6 is 34.2 Å². The Hall–Kier alpha value is -0.610. The average Bonchev–Trinajstić information content (AvgIpc) is 2.38. The van der Waals surface area contributed by atoms with Crippen molar-refractivity contribution < 1.29 is 48.3 Å². The lowest BCUT2D eigenvalue weighted by atomic mass is 10.3. The average molecular weight is 534 g/mol. The molecule has 0 aliphatic rings. The van der Waals surface area contributed by atoms with E-state index in [0.717, 1.165) is 22.9 Å². The van der Waals surface area contributed by atoms with Gasteiger partial charge in [0.1, 0.15) is 0 Å². The SMILES string of the molecule is O=S(=O)(Nc1ccccc1Cl)C(F)(F)C(F)(F)OC(F)(F)C(F)(F)I. The van der Waals surface area contributed by atoms with Crippen molar-refractivity contribution in [1.82, 2.24) is 0 Å². The zero-order valence-electron chi connectivity index (χ0n) is 11.2. The Kier molecular flexibility index (Phi) is 6.14. The summed E-state index contributed by atoms with van der Waals surface area (Å²) in [5, 5.41) is -6.85. The third-order valence-electron chi connectivity index (χ3n) is 2.38. The minimum Gasteiger partial charge on any atom is -0.277 e. The first kappa shape index (κ1) is 22.4. The van der Waals surface area contributed by atoms with Crippen molar-refractivity contribution in [3.8, 4) is 0 Å². The first-order valence-corrected chi connectivity index (χ1v) is 8.56. The molecule has 1 aromatic rings. The van der Waals surface area contributed by atoms with Crippen LogP contribution in [0.3, 0.4) is 0 Å². The highest BCUT2D eigenvalue weighted by molar-refractivity contribution is 14.1. The molecule has 0 fully saturated rings. The number of sulfonamides is 1. The standard InChI is InChI=1S/C10H5ClF8INO3S/c11-5-3-1-2-4-6(5)21-25(22,23)10(18,19)9(16,17)24-8(14,15)7(12,13)20/h1-4,21H. The maximum absolute atomic E-state index is 13.6. The summed E-state index contributed by atoms with van der Waals surface area (Å²) in [7, 11) is -6.43. The molecule has 0 saturated heterocycles. The van der Waals surface area contributed by atoms with E-state index in [1.807, 2.05) is 0 Å². The van der Waals surface area contributed by atoms with E-state index in [4.69, 9.17) is 11.6 Å². The van der Waals surface area contributed by atoms with E-state index in [-0.39, 0.29) is 22.6 Å². The van der Waals surface area contributed by atoms with Gasteiger partial charge in [-0.05, 0) is 12.1 Å². The van der Waals surface area contributed by atoms with Gasteiger partial charge in [0.25, 0.3) is 0 Å². The molecule has 0 heterocycles. The van der Waals surface area contributed by atoms with Crippen molar-refractivity contribution in [3.63, 3.8) is 0 Å². The van der Waals surface area contributed by atoms with E-state index >= 15 is 0 Å². The molecule has 0 amide bonds. The second kappa shape index (κ2) is 6.84. The summed E-state index contributed by atoms with van der Waals surface area (Å²) in [5.41, 5.74) is -0.786. The molecule has 0 aromatic heterocycles. The number of halogens is 10. The summed E-state index contributed by atoms with van der Waals surface area (Å²) in [4.78, 5) is 0. The predicted molar refractivity (Wildman–Crippen MR) is 78.9 cm³/mol. The Morgan fingerprint density at radius 2 is 1.44 bits per heavy atom. The van der Waals surface area contributed by atoms with Gasteiger partial charge in [-0.2, -0.15) is 43.5 Å². The third kappa shape index (κ3) is 4.57. The molecule has 1 aromatic carbocycles. The largest absolute Gasteiger partial charge is 0.453 e. The number of ether oxygens (including phenoxy) is 1. The lowest BCUT2D eigenvalue weighted by Gasteiger charge is -2.30. The number of hydrogen-bond donors (Lipinski definition) is 1. The number of alkyl halides is 9. The van der Waals surface area contributed by atoms with Crippen LogP contribution in [0.15, 0.2) is 24.3 Å². The number of nitrogens with one attached hydrogen (secondary N) is 1. The summed E-state index contributed by atoms with van der Waals surface area (Å²) in [5.74, 6) is 0. The molecular formula is C10H5ClF8INO3S. The van der Waals surface area contributed by atoms with Gasteiger partial charge in [0.05, 0.1) is 10.7 Å². The van der Waals surface area contributed by atoms with Crippen LogP contribution in [0.5, 0.6) is 0 Å². The molecule has 0 aliphatic heterocycles. The van der Waals surface area contributed by atoms with Crippen molar-refractivity contribution >= 4 is 49.9 Å². The van der Waals surface area contributed by atoms with Crippen LogP contribution in [0.2, 0.25) is 5.02 Å². The van der Waals surface area contributed by atoms with Crippen molar-refractivity contribution in [3.05, 3.63) is 29.3 Å². The van der Waals surface area contributed by atoms with E-state index in [9.17, 15) is 43.5 Å². The van der Waals surface area contributed by atoms with Crippen LogP contribution < -0.4 is 4.72 Å². The lowest BCUT2D eigenvalue weighted by Crippen LogP contribution is -2.56. The second-order valence-corrected chi connectivity index (χ2v) is 7.72. The van der Waals surface area contributed by atoms with Crippen molar-refractivity contribution in [2.24, 2.45) is 0 Å². The van der Waals surface area contributed by atoms with Crippen LogP contribution in [-0.2, 0) is 14.8 Å². The van der Waals surface area contributed by atoms with Crippen LogP contribution in [0, 0.1) is 0 Å². The van der Waals surface area contributed by atoms with E-state index in [0.29, 0.717) is 0 Å². The molecule has 4 nitrogen and oxygen atoms in total. The van der Waals surface area contributed by atoms with Crippen LogP contribution in [-0.4, -0.2) is 29.8 Å². The van der Waals surface area contributed by atoms with Gasteiger partial charge in [-0.25, -0.2) is 4.74 Å². The van der Waals surface area contributed by atoms with E-state index < -0.39 is 42.1 Å². The Bertz CT molecular complexity index is 740. The minimum absolute atomic E-state index is 0.338. The van der Waals surface area contributed by atoms with Gasteiger partial charge in [0.15, 0.2) is 0 Å². The minimum atomic E-state index is -6.52. The van der Waals surface area contributed by atoms with Gasteiger partial charge in [0.2, 0.25) is 0 Å². The zero-order chi connectivity index (χ0) is 19.9. The Morgan fingerprint density at radius 1 is 0.960 bits per heavy atom. The van der Waals surface area contributed by atoms with Crippen molar-refractivity contribution in [2.45, 2.75) is 21.4 Å². The van der Waals surface area contributed by atoms with Crippen LogP contribution in [0.1, 0.15) is 0 Å². The summed E-state index contributed by atoms with van der Waals surface area (Å²) in [6, 6.07) is 4.11. The van der Waals surface area contributed by atoms with Gasteiger partial charge >= 0.3 is 31.4 Å². The molecule has 0 unspecified atom stereocenters. The Balaban J connectivity index is 3.22. The Morgan fingerprint density at radius 3 is 1.88 bits per heavy atom. The summed E-state index contributed by atoms with van der Waals surface area (Å²) in [6.45, 7) is 0.